The van der Waals surface area contributed by atoms with Crippen LogP contribution < -0.4 is 0 Å². The predicted molar refractivity (Wildman–Crippen MR) is 99.6 cm³/mol. The minimum atomic E-state index is -0.0384. The first-order valence-electron chi connectivity index (χ1n) is 8.63. The third-order valence-electron chi connectivity index (χ3n) is 4.86. The van der Waals surface area contributed by atoms with Crippen LogP contribution in [0.3, 0.4) is 0 Å². The van der Waals surface area contributed by atoms with Gasteiger partial charge in [-0.05, 0) is 56.6 Å². The number of Topliss-reactive ketones (excluding diaryl/α,β-unsaturated/α-hetero) is 1. The SMILES string of the molecule is CC(C(=O)Cc1cc2cc(-c3cncs3)ccc2nn1)N1CCCC1. The first-order valence-corrected chi connectivity index (χ1v) is 9.51. The summed E-state index contributed by atoms with van der Waals surface area (Å²) in [6.07, 6.45) is 4.58. The molecule has 0 radical (unpaired) electrons. The Balaban J connectivity index is 1.56. The Kier molecular flexibility index (Phi) is 4.55. The van der Waals surface area contributed by atoms with Crippen molar-refractivity contribution in [2.24, 2.45) is 0 Å². The second-order valence-electron chi connectivity index (χ2n) is 6.54. The van der Waals surface area contributed by atoms with Crippen molar-refractivity contribution in [3.63, 3.8) is 0 Å². The van der Waals surface area contributed by atoms with Gasteiger partial charge in [0.05, 0.1) is 34.1 Å². The van der Waals surface area contributed by atoms with Gasteiger partial charge >= 0.3 is 0 Å². The first kappa shape index (κ1) is 16.3. The highest BCUT2D eigenvalue weighted by Gasteiger charge is 2.24. The maximum absolute atomic E-state index is 12.6. The molecule has 6 heteroatoms. The van der Waals surface area contributed by atoms with Crippen molar-refractivity contribution in [2.75, 3.05) is 13.1 Å². The summed E-state index contributed by atoms with van der Waals surface area (Å²) < 4.78 is 0. The Hall–Kier alpha value is -2.18. The van der Waals surface area contributed by atoms with Crippen LogP contribution in [-0.4, -0.2) is 45.0 Å². The molecule has 3 aromatic rings. The number of carbonyl (C=O) groups excluding carboxylic acids is 1. The lowest BCUT2D eigenvalue weighted by Gasteiger charge is -2.22. The highest BCUT2D eigenvalue weighted by atomic mass is 32.1. The molecule has 1 aliphatic heterocycles. The van der Waals surface area contributed by atoms with Crippen LogP contribution in [0.2, 0.25) is 0 Å². The fourth-order valence-electron chi connectivity index (χ4n) is 3.34. The summed E-state index contributed by atoms with van der Waals surface area (Å²) in [5.41, 5.74) is 4.53. The third kappa shape index (κ3) is 3.45. The number of nitrogens with zero attached hydrogens (tertiary/aromatic N) is 4. The number of rotatable bonds is 5. The van der Waals surface area contributed by atoms with Crippen LogP contribution in [0, 0.1) is 0 Å². The van der Waals surface area contributed by atoms with E-state index in [0.29, 0.717) is 6.42 Å². The second kappa shape index (κ2) is 6.98. The molecule has 1 atom stereocenters. The summed E-state index contributed by atoms with van der Waals surface area (Å²) in [4.78, 5) is 20.1. The number of carbonyl (C=O) groups is 1. The Morgan fingerprint density at radius 2 is 2.08 bits per heavy atom. The number of likely N-dealkylation sites (tertiary alicyclic amines) is 1. The number of fused-ring (bicyclic) bond motifs is 1. The van der Waals surface area contributed by atoms with E-state index in [1.807, 2.05) is 36.8 Å². The normalized spacial score (nSPS) is 16.4. The van der Waals surface area contributed by atoms with Crippen LogP contribution >= 0.6 is 11.3 Å². The first-order chi connectivity index (χ1) is 12.2. The summed E-state index contributed by atoms with van der Waals surface area (Å²) in [7, 11) is 0. The van der Waals surface area contributed by atoms with Crippen LogP contribution in [0.1, 0.15) is 25.5 Å². The molecule has 0 N–H and O–H groups in total. The average Bonchev–Trinajstić information content (AvgIpc) is 3.34. The van der Waals surface area contributed by atoms with Gasteiger partial charge in [0.25, 0.3) is 0 Å². The Labute approximate surface area is 150 Å². The maximum atomic E-state index is 12.6. The van der Waals surface area contributed by atoms with Gasteiger partial charge in [0.2, 0.25) is 0 Å². The highest BCUT2D eigenvalue weighted by molar-refractivity contribution is 7.13. The molecule has 25 heavy (non-hydrogen) atoms. The zero-order chi connectivity index (χ0) is 17.2. The van der Waals surface area contributed by atoms with E-state index in [1.165, 1.54) is 12.8 Å². The molecule has 0 aliphatic carbocycles. The van der Waals surface area contributed by atoms with Crippen LogP contribution in [0.25, 0.3) is 21.3 Å². The van der Waals surface area contributed by atoms with Crippen LogP contribution in [0.4, 0.5) is 0 Å². The molecule has 1 aromatic carbocycles. The molecule has 5 nitrogen and oxygen atoms in total. The molecule has 0 spiro atoms. The van der Waals surface area contributed by atoms with Crippen molar-refractivity contribution in [3.05, 3.63) is 41.7 Å². The van der Waals surface area contributed by atoms with E-state index in [2.05, 4.69) is 26.1 Å². The molecule has 1 aliphatic rings. The number of ketones is 1. The smallest absolute Gasteiger partial charge is 0.155 e. The molecule has 1 fully saturated rings. The van der Waals surface area contributed by atoms with Gasteiger partial charge in [0.15, 0.2) is 5.78 Å². The molecule has 4 rings (SSSR count). The summed E-state index contributed by atoms with van der Waals surface area (Å²) in [6.45, 7) is 4.05. The van der Waals surface area contributed by atoms with E-state index in [1.54, 1.807) is 11.3 Å². The van der Waals surface area contributed by atoms with Gasteiger partial charge in [-0.2, -0.15) is 10.2 Å². The molecule has 2 aromatic heterocycles. The zero-order valence-corrected chi connectivity index (χ0v) is 15.0. The third-order valence-corrected chi connectivity index (χ3v) is 5.68. The summed E-state index contributed by atoms with van der Waals surface area (Å²) in [5, 5.41) is 9.55. The maximum Gasteiger partial charge on any atom is 0.155 e. The Morgan fingerprint density at radius 3 is 2.84 bits per heavy atom. The lowest BCUT2D eigenvalue weighted by atomic mass is 10.1. The average molecular weight is 352 g/mol. The van der Waals surface area contributed by atoms with E-state index < -0.39 is 0 Å². The van der Waals surface area contributed by atoms with Crippen molar-refractivity contribution in [1.29, 1.82) is 0 Å². The number of thiazole rings is 1. The van der Waals surface area contributed by atoms with Crippen molar-refractivity contribution >= 4 is 28.0 Å². The van der Waals surface area contributed by atoms with Gasteiger partial charge in [0, 0.05) is 11.6 Å². The fourth-order valence-corrected chi connectivity index (χ4v) is 3.96. The van der Waals surface area contributed by atoms with E-state index in [0.717, 1.165) is 40.1 Å². The van der Waals surface area contributed by atoms with Gasteiger partial charge < -0.3 is 0 Å². The van der Waals surface area contributed by atoms with E-state index >= 15 is 0 Å². The van der Waals surface area contributed by atoms with Crippen molar-refractivity contribution in [2.45, 2.75) is 32.2 Å². The van der Waals surface area contributed by atoms with Gasteiger partial charge in [-0.1, -0.05) is 6.07 Å². The molecular weight excluding hydrogens is 332 g/mol. The highest BCUT2D eigenvalue weighted by Crippen LogP contribution is 2.26. The number of hydrogen-bond donors (Lipinski definition) is 0. The topological polar surface area (TPSA) is 59.0 Å². The van der Waals surface area contributed by atoms with Crippen LogP contribution in [-0.2, 0) is 11.2 Å². The molecule has 1 saturated heterocycles. The lowest BCUT2D eigenvalue weighted by Crippen LogP contribution is -2.37. The predicted octanol–water partition coefficient (Wildman–Crippen LogP) is 3.35. The van der Waals surface area contributed by atoms with E-state index in [-0.39, 0.29) is 11.8 Å². The van der Waals surface area contributed by atoms with Crippen LogP contribution in [0.15, 0.2) is 36.0 Å². The van der Waals surface area contributed by atoms with Crippen molar-refractivity contribution in [3.8, 4) is 10.4 Å². The molecule has 1 unspecified atom stereocenters. The van der Waals surface area contributed by atoms with E-state index in [9.17, 15) is 4.79 Å². The molecule has 128 valence electrons. The molecular formula is C19H20N4OS. The number of benzene rings is 1. The molecule has 0 saturated carbocycles. The van der Waals surface area contributed by atoms with Crippen molar-refractivity contribution < 1.29 is 4.79 Å². The second-order valence-corrected chi connectivity index (χ2v) is 7.42. The minimum absolute atomic E-state index is 0.0384. The molecule has 3 heterocycles. The van der Waals surface area contributed by atoms with Crippen LogP contribution in [0.5, 0.6) is 0 Å². The van der Waals surface area contributed by atoms with Gasteiger partial charge in [-0.3, -0.25) is 14.7 Å². The number of hydrogen-bond acceptors (Lipinski definition) is 6. The quantitative estimate of drug-likeness (QED) is 0.705. The fraction of sp³-hybridized carbons (Fsp3) is 0.368. The zero-order valence-electron chi connectivity index (χ0n) is 14.2. The Morgan fingerprint density at radius 1 is 1.24 bits per heavy atom. The van der Waals surface area contributed by atoms with Gasteiger partial charge in [-0.25, -0.2) is 0 Å². The van der Waals surface area contributed by atoms with Gasteiger partial charge in [0.1, 0.15) is 0 Å². The lowest BCUT2D eigenvalue weighted by molar-refractivity contribution is -0.122. The summed E-state index contributed by atoms with van der Waals surface area (Å²) in [6, 6.07) is 8.04. The standard InChI is InChI=1S/C19H20N4OS/c1-13(23-6-2-3-7-23)18(24)10-16-9-15-8-14(19-11-20-12-25-19)4-5-17(15)22-21-16/h4-5,8-9,11-13H,2-3,6-7,10H2,1H3. The summed E-state index contributed by atoms with van der Waals surface area (Å²) >= 11 is 1.61. The number of aromatic nitrogens is 3. The van der Waals surface area contributed by atoms with Gasteiger partial charge in [-0.15, -0.1) is 11.3 Å². The Bertz CT molecular complexity index is 888. The molecule has 0 bridgehead atoms. The summed E-state index contributed by atoms with van der Waals surface area (Å²) in [5.74, 6) is 0.217. The minimum Gasteiger partial charge on any atom is -0.298 e. The van der Waals surface area contributed by atoms with E-state index in [4.69, 9.17) is 0 Å². The largest absolute Gasteiger partial charge is 0.298 e. The van der Waals surface area contributed by atoms with Crippen molar-refractivity contribution in [1.82, 2.24) is 20.1 Å². The molecule has 0 amide bonds. The monoisotopic (exact) mass is 352 g/mol.